The lowest BCUT2D eigenvalue weighted by molar-refractivity contribution is -0.135. The number of halogens is 4. The number of anilines is 1. The highest BCUT2D eigenvalue weighted by molar-refractivity contribution is 5.99. The summed E-state index contributed by atoms with van der Waals surface area (Å²) in [7, 11) is 0. The van der Waals surface area contributed by atoms with Gasteiger partial charge < -0.3 is 5.32 Å². The van der Waals surface area contributed by atoms with Crippen LogP contribution in [-0.4, -0.2) is 29.5 Å². The van der Waals surface area contributed by atoms with Gasteiger partial charge in [0.15, 0.2) is 6.04 Å². The summed E-state index contributed by atoms with van der Waals surface area (Å²) in [6.07, 6.45) is -2.09. The molecular formula is C11H9F4N3. The second-order valence-corrected chi connectivity index (χ2v) is 3.67. The van der Waals surface area contributed by atoms with Gasteiger partial charge in [-0.2, -0.15) is 17.6 Å². The number of hydrogen-bond acceptors (Lipinski definition) is 3. The summed E-state index contributed by atoms with van der Waals surface area (Å²) >= 11 is 0. The monoisotopic (exact) mass is 259 g/mol. The molecule has 1 aromatic heterocycles. The largest absolute Gasteiger partial charge is 0.414 e. The van der Waals surface area contributed by atoms with Crippen LogP contribution in [0.5, 0.6) is 0 Å². The molecular weight excluding hydrogens is 250 g/mol. The van der Waals surface area contributed by atoms with E-state index in [0.29, 0.717) is 0 Å². The van der Waals surface area contributed by atoms with Gasteiger partial charge >= 0.3 is 6.18 Å². The fourth-order valence-electron chi connectivity index (χ4n) is 1.44. The standard InChI is InChI=1S/C11H9F4N3/c12-9-2-1-3-10(18-9)16-6-7-4-5-8(17-7)11(13,14)15/h1-5,8H,6H2,(H,16,18). The van der Waals surface area contributed by atoms with E-state index in [1.54, 1.807) is 0 Å². The van der Waals surface area contributed by atoms with Crippen molar-refractivity contribution in [2.24, 2.45) is 4.99 Å². The van der Waals surface area contributed by atoms with Crippen LogP contribution in [0.1, 0.15) is 0 Å². The molecule has 96 valence electrons. The molecule has 0 saturated carbocycles. The fraction of sp³-hybridized carbons (Fsp3) is 0.273. The third-order valence-electron chi connectivity index (χ3n) is 2.28. The molecule has 2 rings (SSSR count). The summed E-state index contributed by atoms with van der Waals surface area (Å²) in [5, 5.41) is 2.70. The Labute approximate surface area is 100 Å². The Kier molecular flexibility index (Phi) is 3.31. The van der Waals surface area contributed by atoms with Crippen LogP contribution in [0.3, 0.4) is 0 Å². The molecule has 3 nitrogen and oxygen atoms in total. The first-order valence-electron chi connectivity index (χ1n) is 5.13. The molecule has 1 aliphatic heterocycles. The zero-order chi connectivity index (χ0) is 13.2. The number of nitrogens with zero attached hydrogens (tertiary/aromatic N) is 2. The molecule has 0 amide bonds. The van der Waals surface area contributed by atoms with Gasteiger partial charge in [0, 0.05) is 0 Å². The molecule has 2 heterocycles. The average Bonchev–Trinajstić information content (AvgIpc) is 2.74. The Balaban J connectivity index is 1.95. The summed E-state index contributed by atoms with van der Waals surface area (Å²) in [6, 6.07) is 2.37. The second-order valence-electron chi connectivity index (χ2n) is 3.67. The van der Waals surface area contributed by atoms with Crippen molar-refractivity contribution >= 4 is 11.5 Å². The molecule has 1 aromatic rings. The Bertz CT molecular complexity index is 493. The molecule has 1 unspecified atom stereocenters. The normalized spacial score (nSPS) is 18.9. The number of aromatic nitrogens is 1. The highest BCUT2D eigenvalue weighted by Gasteiger charge is 2.39. The van der Waals surface area contributed by atoms with Gasteiger partial charge in [0.25, 0.3) is 0 Å². The molecule has 0 aromatic carbocycles. The van der Waals surface area contributed by atoms with Crippen LogP contribution in [0.2, 0.25) is 0 Å². The average molecular weight is 259 g/mol. The molecule has 0 saturated heterocycles. The Morgan fingerprint density at radius 3 is 2.67 bits per heavy atom. The van der Waals surface area contributed by atoms with Crippen molar-refractivity contribution in [1.82, 2.24) is 4.98 Å². The lowest BCUT2D eigenvalue weighted by atomic mass is 10.3. The van der Waals surface area contributed by atoms with E-state index in [0.717, 1.165) is 6.08 Å². The van der Waals surface area contributed by atoms with E-state index >= 15 is 0 Å². The minimum Gasteiger partial charge on any atom is -0.364 e. The number of alkyl halides is 3. The van der Waals surface area contributed by atoms with Gasteiger partial charge in [-0.15, -0.1) is 0 Å². The molecule has 1 atom stereocenters. The van der Waals surface area contributed by atoms with Crippen molar-refractivity contribution in [3.8, 4) is 0 Å². The van der Waals surface area contributed by atoms with Crippen LogP contribution in [0.25, 0.3) is 0 Å². The lowest BCUT2D eigenvalue weighted by Gasteiger charge is -2.09. The molecule has 1 N–H and O–H groups in total. The maximum absolute atomic E-state index is 12.7. The molecule has 0 fully saturated rings. The van der Waals surface area contributed by atoms with Gasteiger partial charge in [-0.05, 0) is 24.3 Å². The summed E-state index contributed by atoms with van der Waals surface area (Å²) < 4.78 is 49.7. The van der Waals surface area contributed by atoms with E-state index in [9.17, 15) is 17.6 Å². The van der Waals surface area contributed by atoms with E-state index in [1.165, 1.54) is 24.3 Å². The summed E-state index contributed by atoms with van der Waals surface area (Å²) in [5.74, 6) is -0.404. The SMILES string of the molecule is Fc1cccc(NCC2=NC(C(F)(F)F)C=C2)n1. The Morgan fingerprint density at radius 2 is 2.06 bits per heavy atom. The smallest absolute Gasteiger partial charge is 0.364 e. The highest BCUT2D eigenvalue weighted by atomic mass is 19.4. The zero-order valence-electron chi connectivity index (χ0n) is 9.08. The third-order valence-corrected chi connectivity index (χ3v) is 2.28. The molecule has 18 heavy (non-hydrogen) atoms. The van der Waals surface area contributed by atoms with Crippen LogP contribution >= 0.6 is 0 Å². The van der Waals surface area contributed by atoms with Crippen LogP contribution in [-0.2, 0) is 0 Å². The number of hydrogen-bond donors (Lipinski definition) is 1. The number of aliphatic imine (C=N–C) groups is 1. The summed E-state index contributed by atoms with van der Waals surface area (Å²) in [4.78, 5) is 7.02. The van der Waals surface area contributed by atoms with E-state index < -0.39 is 18.2 Å². The Morgan fingerprint density at radius 1 is 1.28 bits per heavy atom. The van der Waals surface area contributed by atoms with Gasteiger partial charge in [-0.1, -0.05) is 6.07 Å². The van der Waals surface area contributed by atoms with Gasteiger partial charge in [0.1, 0.15) is 5.82 Å². The van der Waals surface area contributed by atoms with Crippen molar-refractivity contribution in [3.63, 3.8) is 0 Å². The van der Waals surface area contributed by atoms with Crippen molar-refractivity contribution in [2.45, 2.75) is 12.2 Å². The van der Waals surface area contributed by atoms with Crippen molar-refractivity contribution < 1.29 is 17.6 Å². The van der Waals surface area contributed by atoms with E-state index in [1.807, 2.05) is 0 Å². The van der Waals surface area contributed by atoms with E-state index in [-0.39, 0.29) is 18.1 Å². The second kappa shape index (κ2) is 4.75. The van der Waals surface area contributed by atoms with Gasteiger partial charge in [-0.25, -0.2) is 4.98 Å². The van der Waals surface area contributed by atoms with Crippen molar-refractivity contribution in [2.75, 3.05) is 11.9 Å². The first-order chi connectivity index (χ1) is 8.45. The number of rotatable bonds is 3. The van der Waals surface area contributed by atoms with Gasteiger partial charge in [0.2, 0.25) is 5.95 Å². The minimum absolute atomic E-state index is 0.0690. The Hall–Kier alpha value is -1.92. The van der Waals surface area contributed by atoms with Gasteiger partial charge in [0.05, 0.1) is 12.3 Å². The number of pyridine rings is 1. The van der Waals surface area contributed by atoms with E-state index in [4.69, 9.17) is 0 Å². The fourth-order valence-corrected chi connectivity index (χ4v) is 1.44. The topological polar surface area (TPSA) is 37.3 Å². The first-order valence-corrected chi connectivity index (χ1v) is 5.13. The molecule has 1 aliphatic rings. The first kappa shape index (κ1) is 12.5. The van der Waals surface area contributed by atoms with Gasteiger partial charge in [-0.3, -0.25) is 4.99 Å². The molecule has 0 spiro atoms. The van der Waals surface area contributed by atoms with Crippen LogP contribution < -0.4 is 5.32 Å². The van der Waals surface area contributed by atoms with Crippen LogP contribution in [0.4, 0.5) is 23.4 Å². The quantitative estimate of drug-likeness (QED) is 0.669. The predicted molar refractivity (Wildman–Crippen MR) is 59.1 cm³/mol. The molecule has 7 heteroatoms. The van der Waals surface area contributed by atoms with Crippen molar-refractivity contribution in [1.29, 1.82) is 0 Å². The predicted octanol–water partition coefficient (Wildman–Crippen LogP) is 2.57. The maximum Gasteiger partial charge on any atom is 0.414 e. The molecule has 0 aliphatic carbocycles. The summed E-state index contributed by atoms with van der Waals surface area (Å²) in [6.45, 7) is 0.0690. The minimum atomic E-state index is -4.37. The number of nitrogens with one attached hydrogen (secondary N) is 1. The molecule has 0 bridgehead atoms. The van der Waals surface area contributed by atoms with Crippen LogP contribution in [0, 0.1) is 5.95 Å². The lowest BCUT2D eigenvalue weighted by Crippen LogP contribution is -2.24. The maximum atomic E-state index is 12.7. The van der Waals surface area contributed by atoms with E-state index in [2.05, 4.69) is 15.3 Å². The zero-order valence-corrected chi connectivity index (χ0v) is 9.08. The summed E-state index contributed by atoms with van der Waals surface area (Å²) in [5.41, 5.74) is 0.253. The highest BCUT2D eigenvalue weighted by Crippen LogP contribution is 2.26. The third kappa shape index (κ3) is 3.06. The molecule has 0 radical (unpaired) electrons. The van der Waals surface area contributed by atoms with Crippen LogP contribution in [0.15, 0.2) is 35.3 Å². The van der Waals surface area contributed by atoms with Crippen molar-refractivity contribution in [3.05, 3.63) is 36.3 Å².